The molecule has 0 aromatic heterocycles. The summed E-state index contributed by atoms with van der Waals surface area (Å²) in [4.78, 5) is 13.2. The Kier molecular flexibility index (Phi) is 13.1. The number of esters is 1. The number of ether oxygens (including phenoxy) is 1. The number of carbonyl (C=O) groups is 1. The van der Waals surface area contributed by atoms with Gasteiger partial charge in [-0.2, -0.15) is 0 Å². The molecule has 5 rings (SSSR count). The third kappa shape index (κ3) is 7.19. The van der Waals surface area contributed by atoms with Gasteiger partial charge in [-0.25, -0.2) is 0 Å². The van der Waals surface area contributed by atoms with Crippen LogP contribution in [0.25, 0.3) is 0 Å². The molecule has 0 heterocycles. The molecule has 50 heavy (non-hydrogen) atoms. The predicted molar refractivity (Wildman–Crippen MR) is 208 cm³/mol. The van der Waals surface area contributed by atoms with Gasteiger partial charge < -0.3 is 14.9 Å². The summed E-state index contributed by atoms with van der Waals surface area (Å²) in [6.45, 7) is 21.6. The van der Waals surface area contributed by atoms with Gasteiger partial charge in [0.05, 0.1) is 12.7 Å². The third-order valence-electron chi connectivity index (χ3n) is 17.3. The number of hydrogen-bond acceptors (Lipinski definition) is 4. The molecule has 0 aromatic rings. The summed E-state index contributed by atoms with van der Waals surface area (Å²) in [6, 6.07) is 0. The average Bonchev–Trinajstić information content (AvgIpc) is 3.47. The summed E-state index contributed by atoms with van der Waals surface area (Å²) in [5.41, 5.74) is 1.20. The van der Waals surface area contributed by atoms with Crippen LogP contribution in [0.2, 0.25) is 0 Å². The lowest BCUT2D eigenvalue weighted by Gasteiger charge is -2.73. The predicted octanol–water partition coefficient (Wildman–Crippen LogP) is 12.0. The molecule has 0 spiro atoms. The van der Waals surface area contributed by atoms with Crippen LogP contribution in [0.3, 0.4) is 0 Å². The molecule has 4 nitrogen and oxygen atoms in total. The number of hydrogen-bond donors (Lipinski definition) is 2. The van der Waals surface area contributed by atoms with Crippen LogP contribution in [0.15, 0.2) is 12.2 Å². The molecule has 0 aliphatic heterocycles. The molecule has 0 radical (unpaired) electrons. The first-order valence-electron chi connectivity index (χ1n) is 21.9. The zero-order chi connectivity index (χ0) is 36.4. The number of rotatable bonds is 17. The van der Waals surface area contributed by atoms with Gasteiger partial charge in [0.2, 0.25) is 0 Å². The van der Waals surface area contributed by atoms with Crippen LogP contribution in [-0.2, 0) is 9.53 Å². The van der Waals surface area contributed by atoms with E-state index in [9.17, 15) is 15.0 Å². The van der Waals surface area contributed by atoms with Gasteiger partial charge in [0.1, 0.15) is 6.10 Å². The van der Waals surface area contributed by atoms with Gasteiger partial charge in [0.25, 0.3) is 0 Å². The normalized spacial score (nSPS) is 41.8. The van der Waals surface area contributed by atoms with Crippen LogP contribution in [0.1, 0.15) is 196 Å². The second-order valence-electron chi connectivity index (χ2n) is 20.1. The van der Waals surface area contributed by atoms with Crippen LogP contribution < -0.4 is 0 Å². The minimum atomic E-state index is -0.453. The minimum absolute atomic E-state index is 0.00261. The van der Waals surface area contributed by atoms with Crippen LogP contribution in [-0.4, -0.2) is 35.0 Å². The quantitative estimate of drug-likeness (QED) is 0.0902. The van der Waals surface area contributed by atoms with E-state index in [-0.39, 0.29) is 45.8 Å². The first-order valence-corrected chi connectivity index (χ1v) is 21.9. The van der Waals surface area contributed by atoms with E-state index >= 15 is 0 Å². The number of fused-ring (bicyclic) bond motifs is 7. The minimum Gasteiger partial charge on any atom is -0.462 e. The van der Waals surface area contributed by atoms with E-state index in [0.29, 0.717) is 36.0 Å². The Balaban J connectivity index is 1.14. The first kappa shape index (κ1) is 40.3. The van der Waals surface area contributed by atoms with E-state index < -0.39 is 6.10 Å². The zero-order valence-corrected chi connectivity index (χ0v) is 33.9. The van der Waals surface area contributed by atoms with E-state index in [1.54, 1.807) is 0 Å². The largest absolute Gasteiger partial charge is 0.462 e. The highest BCUT2D eigenvalue weighted by molar-refractivity contribution is 5.69. The van der Waals surface area contributed by atoms with E-state index in [0.717, 1.165) is 44.9 Å². The van der Waals surface area contributed by atoms with Gasteiger partial charge in [0, 0.05) is 17.3 Å². The van der Waals surface area contributed by atoms with Crippen LogP contribution in [0.5, 0.6) is 0 Å². The maximum absolute atomic E-state index is 13.2. The summed E-state index contributed by atoms with van der Waals surface area (Å²) >= 11 is 0. The van der Waals surface area contributed by atoms with Crippen molar-refractivity contribution in [3.63, 3.8) is 0 Å². The number of carbonyl (C=O) groups excluding carboxylic acids is 1. The molecule has 5 aliphatic carbocycles. The van der Waals surface area contributed by atoms with Crippen molar-refractivity contribution in [3.8, 4) is 0 Å². The topological polar surface area (TPSA) is 66.8 Å². The Labute approximate surface area is 308 Å². The molecule has 0 saturated heterocycles. The Morgan fingerprint density at radius 2 is 1.34 bits per heavy atom. The molecule has 5 aliphatic rings. The lowest BCUT2D eigenvalue weighted by molar-refractivity contribution is -0.267. The fraction of sp³-hybridized carbons (Fsp3) is 0.935. The summed E-state index contributed by atoms with van der Waals surface area (Å²) in [5, 5.41) is 22.8. The van der Waals surface area contributed by atoms with E-state index in [4.69, 9.17) is 4.74 Å². The van der Waals surface area contributed by atoms with Gasteiger partial charge >= 0.3 is 5.97 Å². The molecule has 288 valence electrons. The van der Waals surface area contributed by atoms with E-state index in [1.165, 1.54) is 102 Å². The SMILES string of the molecule is C=C(C)[C@@H]1CC[C@@]2(CO)[C@H]1[C@H]1CC[C@@H]3[C@@]4(C)CC[C@H](OC(=O)CCCCCCCCCCCCCCC)C(C)(C)[C@@H]4CC[C@@]3(C)[C@]1(C)C[C@@H]2O. The fourth-order valence-corrected chi connectivity index (χ4v) is 14.3. The van der Waals surface area contributed by atoms with E-state index in [1.807, 2.05) is 0 Å². The molecular formula is C46H80O4. The second kappa shape index (κ2) is 16.2. The second-order valence-corrected chi connectivity index (χ2v) is 20.1. The van der Waals surface area contributed by atoms with Crippen LogP contribution >= 0.6 is 0 Å². The molecule has 5 fully saturated rings. The Hall–Kier alpha value is -0.870. The lowest BCUT2D eigenvalue weighted by atomic mass is 9.32. The molecule has 0 amide bonds. The van der Waals surface area contributed by atoms with Crippen molar-refractivity contribution in [2.24, 2.45) is 56.7 Å². The summed E-state index contributed by atoms with van der Waals surface area (Å²) in [5.74, 6) is 2.38. The van der Waals surface area contributed by atoms with Crippen molar-refractivity contribution < 1.29 is 19.7 Å². The van der Waals surface area contributed by atoms with Gasteiger partial charge in [-0.15, -0.1) is 0 Å². The highest BCUT2D eigenvalue weighted by atomic mass is 16.5. The summed E-state index contributed by atoms with van der Waals surface area (Å²) in [6.07, 6.45) is 26.9. The van der Waals surface area contributed by atoms with Crippen molar-refractivity contribution in [2.75, 3.05) is 6.61 Å². The molecule has 4 heteroatoms. The smallest absolute Gasteiger partial charge is 0.306 e. The van der Waals surface area contributed by atoms with Gasteiger partial charge in [-0.1, -0.05) is 131 Å². The van der Waals surface area contributed by atoms with Crippen molar-refractivity contribution in [3.05, 3.63) is 12.2 Å². The van der Waals surface area contributed by atoms with Crippen molar-refractivity contribution in [1.82, 2.24) is 0 Å². The Bertz CT molecular complexity index is 1140. The highest BCUT2D eigenvalue weighted by Crippen LogP contribution is 2.77. The van der Waals surface area contributed by atoms with Gasteiger partial charge in [0.15, 0.2) is 0 Å². The van der Waals surface area contributed by atoms with Crippen molar-refractivity contribution in [1.29, 1.82) is 0 Å². The number of aliphatic hydroxyl groups is 2. The summed E-state index contributed by atoms with van der Waals surface area (Å²) < 4.78 is 6.39. The third-order valence-corrected chi connectivity index (χ3v) is 17.3. The molecule has 11 atom stereocenters. The standard InChI is InChI=1S/C46H80O4/c1-9-10-11-12-13-14-15-16-17-18-19-20-21-22-40(49)50-39-27-28-43(6)36(42(39,4)5)26-29-44(7)37(43)24-23-35-41-34(33(2)3)25-30-46(41,32-47)38(48)31-45(35,44)8/h34-39,41,47-48H,2,9-32H2,1,3-8H3/t34-,35+,36-,37+,38-,39-,41+,43-,44+,45+,46-/m0/s1. The molecule has 0 aromatic carbocycles. The lowest BCUT2D eigenvalue weighted by Crippen LogP contribution is -2.68. The van der Waals surface area contributed by atoms with Gasteiger partial charge in [-0.05, 0) is 117 Å². The highest BCUT2D eigenvalue weighted by Gasteiger charge is 2.72. The number of unbranched alkanes of at least 4 members (excludes halogenated alkanes) is 12. The van der Waals surface area contributed by atoms with Crippen molar-refractivity contribution >= 4 is 5.97 Å². The average molecular weight is 697 g/mol. The summed E-state index contributed by atoms with van der Waals surface area (Å²) in [7, 11) is 0. The molecule has 0 bridgehead atoms. The van der Waals surface area contributed by atoms with Crippen molar-refractivity contribution in [2.45, 2.75) is 208 Å². The molecule has 2 N–H and O–H groups in total. The molecule has 0 unspecified atom stereocenters. The molecule has 5 saturated carbocycles. The van der Waals surface area contributed by atoms with E-state index in [2.05, 4.69) is 55.0 Å². The first-order chi connectivity index (χ1) is 23.7. The molecular weight excluding hydrogens is 617 g/mol. The fourth-order valence-electron chi connectivity index (χ4n) is 14.3. The zero-order valence-electron chi connectivity index (χ0n) is 33.9. The Morgan fingerprint density at radius 3 is 1.92 bits per heavy atom. The maximum Gasteiger partial charge on any atom is 0.306 e. The number of allylic oxidation sites excluding steroid dienone is 1. The van der Waals surface area contributed by atoms with Crippen LogP contribution in [0.4, 0.5) is 0 Å². The van der Waals surface area contributed by atoms with Gasteiger partial charge in [-0.3, -0.25) is 4.79 Å². The Morgan fingerprint density at radius 1 is 0.740 bits per heavy atom. The monoisotopic (exact) mass is 697 g/mol. The number of aliphatic hydroxyl groups excluding tert-OH is 2. The van der Waals surface area contributed by atoms with Crippen LogP contribution in [0, 0.1) is 56.7 Å². The maximum atomic E-state index is 13.2.